The van der Waals surface area contributed by atoms with Crippen molar-refractivity contribution in [3.05, 3.63) is 0 Å². The zero-order chi connectivity index (χ0) is 5.21. The van der Waals surface area contributed by atoms with Gasteiger partial charge in [0, 0.05) is 0 Å². The van der Waals surface area contributed by atoms with Crippen molar-refractivity contribution in [3.8, 4) is 0 Å². The first kappa shape index (κ1) is 16.3. The molecule has 1 N–H and O–H groups in total. The van der Waals surface area contributed by atoms with Gasteiger partial charge in [0.2, 0.25) is 0 Å². The fourth-order valence-corrected chi connectivity index (χ4v) is 0. The molecule has 0 aromatic heterocycles. The second-order valence-corrected chi connectivity index (χ2v) is 1.59. The first-order valence-electron chi connectivity index (χ1n) is 0.913. The topological polar surface area (TPSA) is 92.7 Å². The third-order valence-electron chi connectivity index (χ3n) is 0.100. The second kappa shape index (κ2) is 6.66. The predicted octanol–water partition coefficient (Wildman–Crippen LogP) is -3.53. The zero-order valence-corrected chi connectivity index (χ0v) is 6.34. The molecular formula is H5CaO5PSi. The molecule has 0 radical (unpaired) electrons. The Bertz CT molecular complexity index is 76.5. The Morgan fingerprint density at radius 3 is 1.62 bits per heavy atom. The second-order valence-electron chi connectivity index (χ2n) is 0.529. The molecule has 5 nitrogen and oxygen atoms in total. The van der Waals surface area contributed by atoms with Gasteiger partial charge < -0.3 is 14.4 Å². The molecule has 0 atom stereocenters. The van der Waals surface area contributed by atoms with Gasteiger partial charge in [0.25, 0.3) is 0 Å². The third-order valence-corrected chi connectivity index (χ3v) is 0.300. The quantitative estimate of drug-likeness (QED) is 0.197. The molecule has 0 saturated carbocycles. The molecule has 0 spiro atoms. The Morgan fingerprint density at radius 1 is 1.50 bits per heavy atom. The van der Waals surface area contributed by atoms with Crippen LogP contribution in [0, 0.1) is 0 Å². The Balaban J connectivity index is -0.000000125. The number of hydrogen-bond acceptors (Lipinski definition) is 5. The molecule has 0 fully saturated rings. The Morgan fingerprint density at radius 2 is 1.62 bits per heavy atom. The van der Waals surface area contributed by atoms with Gasteiger partial charge in [-0.25, -0.2) is 9.93 Å². The summed E-state index contributed by atoms with van der Waals surface area (Å²) < 4.78 is 11.4. The molecule has 8 heavy (non-hydrogen) atoms. The van der Waals surface area contributed by atoms with Gasteiger partial charge in [0.05, 0.1) is 7.82 Å². The van der Waals surface area contributed by atoms with Crippen LogP contribution in [0.15, 0.2) is 0 Å². The summed E-state index contributed by atoms with van der Waals surface area (Å²) in [7, 11) is -5.09. The van der Waals surface area contributed by atoms with E-state index in [0.717, 1.165) is 0 Å². The molecule has 0 aliphatic carbocycles. The van der Waals surface area contributed by atoms with Crippen LogP contribution in [0.5, 0.6) is 0 Å². The molecule has 0 unspecified atom stereocenters. The van der Waals surface area contributed by atoms with E-state index in [1.165, 1.54) is 0 Å². The van der Waals surface area contributed by atoms with Crippen molar-refractivity contribution in [1.29, 1.82) is 0 Å². The van der Waals surface area contributed by atoms with Crippen molar-refractivity contribution < 1.29 is 24.3 Å². The van der Waals surface area contributed by atoms with E-state index in [1.807, 2.05) is 0 Å². The molecule has 0 aliphatic rings. The molecule has 0 amide bonds. The van der Waals surface area contributed by atoms with Crippen molar-refractivity contribution in [2.75, 3.05) is 0 Å². The summed E-state index contributed by atoms with van der Waals surface area (Å²) in [5, 5.41) is 7.01. The van der Waals surface area contributed by atoms with Crippen LogP contribution in [-0.4, -0.2) is 54.0 Å². The van der Waals surface area contributed by atoms with Crippen molar-refractivity contribution in [2.45, 2.75) is 0 Å². The van der Waals surface area contributed by atoms with E-state index in [-0.39, 0.29) is 48.7 Å². The van der Waals surface area contributed by atoms with Crippen LogP contribution < -0.4 is 9.79 Å². The van der Waals surface area contributed by atoms with Crippen LogP contribution >= 0.6 is 7.82 Å². The summed E-state index contributed by atoms with van der Waals surface area (Å²) in [6.45, 7) is 0. The third kappa shape index (κ3) is 15.6. The standard InChI is InChI=1S/Ca.H3O5P.H4Si/c;1-5-6(2,3)4;/h;1H,(H2,2,3,4);1H4/q+2;;/p-2. The zero-order valence-electron chi connectivity index (χ0n) is 3.23. The van der Waals surface area contributed by atoms with E-state index in [0.29, 0.717) is 0 Å². The maximum Gasteiger partial charge on any atom is 2.00 e. The molecular weight excluding hydrogens is 179 g/mol. The van der Waals surface area contributed by atoms with Gasteiger partial charge in [-0.2, -0.15) is 0 Å². The van der Waals surface area contributed by atoms with E-state index in [4.69, 9.17) is 19.6 Å². The normalized spacial score (nSPS) is 8.88. The molecule has 0 aliphatic heterocycles. The molecule has 8 heteroatoms. The summed E-state index contributed by atoms with van der Waals surface area (Å²) in [5.41, 5.74) is 0. The molecule has 0 heterocycles. The first-order valence-corrected chi connectivity index (χ1v) is 2.37. The fourth-order valence-electron chi connectivity index (χ4n) is 0. The monoisotopic (exact) mass is 184 g/mol. The van der Waals surface area contributed by atoms with Crippen molar-refractivity contribution in [1.82, 2.24) is 0 Å². The van der Waals surface area contributed by atoms with Crippen LogP contribution in [0.4, 0.5) is 0 Å². The maximum absolute atomic E-state index is 9.00. The van der Waals surface area contributed by atoms with E-state index in [1.54, 1.807) is 0 Å². The maximum atomic E-state index is 9.00. The molecule has 0 saturated heterocycles. The first-order chi connectivity index (χ1) is 2.56. The van der Waals surface area contributed by atoms with Crippen LogP contribution in [-0.2, 0) is 9.24 Å². The number of hydrogen-bond donors (Lipinski definition) is 1. The fraction of sp³-hybridized carbons (Fsp3) is 0. The van der Waals surface area contributed by atoms with Gasteiger partial charge in [-0.15, -0.1) is 0 Å². The van der Waals surface area contributed by atoms with Gasteiger partial charge in [-0.3, -0.25) is 0 Å². The van der Waals surface area contributed by atoms with E-state index in [9.17, 15) is 0 Å². The minimum absolute atomic E-state index is 0. The summed E-state index contributed by atoms with van der Waals surface area (Å²) in [5.74, 6) is 0. The van der Waals surface area contributed by atoms with E-state index >= 15 is 0 Å². The van der Waals surface area contributed by atoms with Crippen molar-refractivity contribution >= 4 is 56.5 Å². The van der Waals surface area contributed by atoms with Crippen molar-refractivity contribution in [3.63, 3.8) is 0 Å². The van der Waals surface area contributed by atoms with E-state index in [2.05, 4.69) is 4.67 Å². The van der Waals surface area contributed by atoms with Gasteiger partial charge in [-0.1, -0.05) is 0 Å². The summed E-state index contributed by atoms with van der Waals surface area (Å²) in [4.78, 5) is 18.0. The molecule has 0 aromatic rings. The molecule has 0 aromatic carbocycles. The van der Waals surface area contributed by atoms with Gasteiger partial charge >= 0.3 is 37.7 Å². The molecule has 46 valence electrons. The minimum Gasteiger partial charge on any atom is -0.788 e. The van der Waals surface area contributed by atoms with Crippen LogP contribution in [0.25, 0.3) is 0 Å². The number of phosphoric acid groups is 1. The van der Waals surface area contributed by atoms with Crippen LogP contribution in [0.3, 0.4) is 0 Å². The van der Waals surface area contributed by atoms with Crippen LogP contribution in [0.2, 0.25) is 0 Å². The van der Waals surface area contributed by atoms with Crippen LogP contribution in [0.1, 0.15) is 0 Å². The largest absolute Gasteiger partial charge is 2.00 e. The predicted molar refractivity (Wildman–Crippen MR) is 28.4 cm³/mol. The summed E-state index contributed by atoms with van der Waals surface area (Å²) >= 11 is 0. The smallest absolute Gasteiger partial charge is 0.788 e. The average Bonchev–Trinajstić information content (AvgIpc) is 1.35. The molecule has 0 rings (SSSR count). The molecule has 0 bridgehead atoms. The number of rotatable bonds is 1. The van der Waals surface area contributed by atoms with Gasteiger partial charge in [0.15, 0.2) is 0 Å². The Kier molecular flexibility index (Phi) is 13.6. The summed E-state index contributed by atoms with van der Waals surface area (Å²) in [6, 6.07) is 0. The van der Waals surface area contributed by atoms with Gasteiger partial charge in [-0.05, 0) is 11.0 Å². The Labute approximate surface area is 80.2 Å². The SMILES string of the molecule is O=P([O-])([O-])OO.[Ca+2].[SiH4]. The Hall–Kier alpha value is 1.55. The summed E-state index contributed by atoms with van der Waals surface area (Å²) in [6.07, 6.45) is 0. The van der Waals surface area contributed by atoms with Crippen molar-refractivity contribution in [2.24, 2.45) is 0 Å². The minimum atomic E-state index is -5.09. The van der Waals surface area contributed by atoms with E-state index < -0.39 is 7.82 Å². The van der Waals surface area contributed by atoms with Gasteiger partial charge in [0.1, 0.15) is 0 Å². The average molecular weight is 184 g/mol.